The third kappa shape index (κ3) is 6.19. The van der Waals surface area contributed by atoms with Crippen LogP contribution >= 0.6 is 23.1 Å². The summed E-state index contributed by atoms with van der Waals surface area (Å²) < 4.78 is 0. The number of nitrogens with zero attached hydrogens (tertiary/aromatic N) is 1. The first kappa shape index (κ1) is 27.0. The van der Waals surface area contributed by atoms with E-state index in [9.17, 15) is 14.9 Å². The monoisotopic (exact) mass is 553 g/mol. The third-order valence-electron chi connectivity index (χ3n) is 7.33. The van der Waals surface area contributed by atoms with Crippen molar-refractivity contribution in [1.82, 2.24) is 0 Å². The molecule has 0 aliphatic heterocycles. The predicted octanol–water partition coefficient (Wildman–Crippen LogP) is 7.91. The van der Waals surface area contributed by atoms with E-state index in [0.717, 1.165) is 40.5 Å². The van der Waals surface area contributed by atoms with Crippen molar-refractivity contribution in [1.29, 1.82) is 5.26 Å². The van der Waals surface area contributed by atoms with Crippen LogP contribution in [0.4, 0.5) is 10.7 Å². The number of nitriles is 1. The molecular formula is C32H31N3O2S2. The molecule has 1 aliphatic carbocycles. The zero-order chi connectivity index (χ0) is 27.6. The van der Waals surface area contributed by atoms with Crippen molar-refractivity contribution in [2.24, 2.45) is 11.3 Å². The second-order valence-electron chi connectivity index (χ2n) is 11.0. The van der Waals surface area contributed by atoms with Gasteiger partial charge in [-0.1, -0.05) is 57.2 Å². The lowest BCUT2D eigenvalue weighted by molar-refractivity contribution is -0.113. The lowest BCUT2D eigenvalue weighted by Crippen LogP contribution is -2.26. The van der Waals surface area contributed by atoms with Crippen LogP contribution in [0.25, 0.3) is 10.8 Å². The van der Waals surface area contributed by atoms with Crippen molar-refractivity contribution in [3.05, 3.63) is 88.3 Å². The number of thioether (sulfide) groups is 1. The van der Waals surface area contributed by atoms with Crippen LogP contribution < -0.4 is 10.6 Å². The van der Waals surface area contributed by atoms with Gasteiger partial charge in [0.05, 0.1) is 11.3 Å². The number of hydrogen-bond donors (Lipinski definition) is 2. The van der Waals surface area contributed by atoms with Crippen molar-refractivity contribution >= 4 is 56.4 Å². The van der Waals surface area contributed by atoms with Gasteiger partial charge in [0.2, 0.25) is 5.91 Å². The molecule has 39 heavy (non-hydrogen) atoms. The highest BCUT2D eigenvalue weighted by atomic mass is 32.2. The molecule has 1 heterocycles. The molecule has 3 aromatic carbocycles. The molecule has 1 atom stereocenters. The maximum Gasteiger partial charge on any atom is 0.255 e. The number of carbonyl (C=O) groups excluding carboxylic acids is 2. The summed E-state index contributed by atoms with van der Waals surface area (Å²) in [6, 6.07) is 23.4. The van der Waals surface area contributed by atoms with Gasteiger partial charge < -0.3 is 10.6 Å². The fourth-order valence-electron chi connectivity index (χ4n) is 5.04. The average Bonchev–Trinajstić information content (AvgIpc) is 3.27. The van der Waals surface area contributed by atoms with Gasteiger partial charge in [0.15, 0.2) is 0 Å². The number of thiophene rings is 1. The molecule has 1 aromatic heterocycles. The average molecular weight is 554 g/mol. The smallest absolute Gasteiger partial charge is 0.255 e. The van der Waals surface area contributed by atoms with Crippen molar-refractivity contribution in [3.8, 4) is 6.07 Å². The fourth-order valence-corrected chi connectivity index (χ4v) is 7.09. The highest BCUT2D eigenvalue weighted by Crippen LogP contribution is 2.44. The fraction of sp³-hybridized carbons (Fsp3) is 0.281. The van der Waals surface area contributed by atoms with Crippen LogP contribution in [0.3, 0.4) is 0 Å². The van der Waals surface area contributed by atoms with Gasteiger partial charge in [0.25, 0.3) is 5.91 Å². The van der Waals surface area contributed by atoms with Crippen molar-refractivity contribution in [2.45, 2.75) is 44.9 Å². The number of nitrogens with one attached hydrogen (secondary N) is 2. The Kier molecular flexibility index (Phi) is 7.79. The van der Waals surface area contributed by atoms with E-state index in [1.807, 2.05) is 66.7 Å². The first-order chi connectivity index (χ1) is 18.7. The number of rotatable bonds is 6. The van der Waals surface area contributed by atoms with Crippen molar-refractivity contribution in [3.63, 3.8) is 0 Å². The van der Waals surface area contributed by atoms with Gasteiger partial charge in [0, 0.05) is 21.0 Å². The number of anilines is 2. The number of benzene rings is 3. The Morgan fingerprint density at radius 1 is 1.03 bits per heavy atom. The van der Waals surface area contributed by atoms with Crippen LogP contribution in [-0.2, 0) is 17.6 Å². The number of amides is 2. The molecule has 4 aromatic rings. The summed E-state index contributed by atoms with van der Waals surface area (Å²) in [5, 5.41) is 18.5. The Balaban J connectivity index is 1.20. The number of carbonyl (C=O) groups is 2. The lowest BCUT2D eigenvalue weighted by Gasteiger charge is -2.33. The molecule has 0 radical (unpaired) electrons. The van der Waals surface area contributed by atoms with Crippen LogP contribution in [0.15, 0.2) is 71.6 Å². The molecule has 0 saturated carbocycles. The molecule has 198 valence electrons. The van der Waals surface area contributed by atoms with Gasteiger partial charge in [-0.3, -0.25) is 9.59 Å². The molecule has 1 aliphatic rings. The van der Waals surface area contributed by atoms with E-state index < -0.39 is 0 Å². The summed E-state index contributed by atoms with van der Waals surface area (Å²) in [5.41, 5.74) is 3.22. The Hall–Kier alpha value is -3.60. The van der Waals surface area contributed by atoms with Crippen molar-refractivity contribution < 1.29 is 9.59 Å². The van der Waals surface area contributed by atoms with E-state index in [1.54, 1.807) is 11.3 Å². The summed E-state index contributed by atoms with van der Waals surface area (Å²) in [6.07, 6.45) is 2.92. The Morgan fingerprint density at radius 3 is 2.59 bits per heavy atom. The lowest BCUT2D eigenvalue weighted by atomic mass is 9.72. The SMILES string of the molecule is CC(C)(C)C1CCc2c(sc(NC(=O)CSc3cccc(NC(=O)c4ccc5ccccc5c4)c3)c2C#N)C1. The molecule has 0 spiro atoms. The topological polar surface area (TPSA) is 82.0 Å². The van der Waals surface area contributed by atoms with Gasteiger partial charge in [-0.05, 0) is 77.3 Å². The maximum atomic E-state index is 12.9. The largest absolute Gasteiger partial charge is 0.322 e. The first-order valence-corrected chi connectivity index (χ1v) is 14.9. The molecule has 5 nitrogen and oxygen atoms in total. The summed E-state index contributed by atoms with van der Waals surface area (Å²) in [7, 11) is 0. The Bertz CT molecular complexity index is 1590. The van der Waals surface area contributed by atoms with Gasteiger partial charge in [0.1, 0.15) is 11.1 Å². The second kappa shape index (κ2) is 11.3. The van der Waals surface area contributed by atoms with Gasteiger partial charge >= 0.3 is 0 Å². The van der Waals surface area contributed by atoms with E-state index in [1.165, 1.54) is 16.6 Å². The molecule has 0 bridgehead atoms. The molecule has 0 saturated heterocycles. The standard InChI is InChI=1S/C32H31N3O2S2/c1-32(2,3)23-13-14-26-27(18-33)31(39-28(26)16-23)35-29(36)19-38-25-10-6-9-24(17-25)34-30(37)22-12-11-20-7-4-5-8-21(20)15-22/h4-12,15,17,23H,13-14,16,19H2,1-3H3,(H,34,37)(H,35,36). The molecule has 1 unspecified atom stereocenters. The molecule has 0 fully saturated rings. The number of fused-ring (bicyclic) bond motifs is 2. The summed E-state index contributed by atoms with van der Waals surface area (Å²) in [4.78, 5) is 27.8. The minimum Gasteiger partial charge on any atom is -0.322 e. The predicted molar refractivity (Wildman–Crippen MR) is 162 cm³/mol. The second-order valence-corrected chi connectivity index (χ2v) is 13.2. The molecule has 5 rings (SSSR count). The molecule has 7 heteroatoms. The van der Waals surface area contributed by atoms with Gasteiger partial charge in [-0.15, -0.1) is 23.1 Å². The van der Waals surface area contributed by atoms with Gasteiger partial charge in [-0.2, -0.15) is 5.26 Å². The summed E-state index contributed by atoms with van der Waals surface area (Å²) in [5.74, 6) is 0.455. The highest BCUT2D eigenvalue weighted by Gasteiger charge is 2.32. The zero-order valence-corrected chi connectivity index (χ0v) is 24.0. The quantitative estimate of drug-likeness (QED) is 0.238. The molecule has 2 amide bonds. The number of hydrogen-bond acceptors (Lipinski definition) is 5. The van der Waals surface area contributed by atoms with E-state index in [4.69, 9.17) is 0 Å². The normalized spacial score (nSPS) is 14.9. The Morgan fingerprint density at radius 2 is 1.82 bits per heavy atom. The van der Waals surface area contributed by atoms with E-state index in [0.29, 0.717) is 27.7 Å². The molecular weight excluding hydrogens is 523 g/mol. The third-order valence-corrected chi connectivity index (χ3v) is 9.49. The minimum atomic E-state index is -0.181. The Labute approximate surface area is 237 Å². The summed E-state index contributed by atoms with van der Waals surface area (Å²) in [6.45, 7) is 6.81. The van der Waals surface area contributed by atoms with E-state index in [2.05, 4.69) is 37.5 Å². The van der Waals surface area contributed by atoms with E-state index >= 15 is 0 Å². The van der Waals surface area contributed by atoms with Crippen LogP contribution in [0.1, 0.15) is 53.6 Å². The van der Waals surface area contributed by atoms with Crippen LogP contribution in [0.5, 0.6) is 0 Å². The summed E-state index contributed by atoms with van der Waals surface area (Å²) >= 11 is 2.95. The van der Waals surface area contributed by atoms with Crippen LogP contribution in [-0.4, -0.2) is 17.6 Å². The highest BCUT2D eigenvalue weighted by molar-refractivity contribution is 8.00. The van der Waals surface area contributed by atoms with Crippen LogP contribution in [0.2, 0.25) is 0 Å². The van der Waals surface area contributed by atoms with Crippen molar-refractivity contribution in [2.75, 3.05) is 16.4 Å². The van der Waals surface area contributed by atoms with E-state index in [-0.39, 0.29) is 23.0 Å². The zero-order valence-electron chi connectivity index (χ0n) is 22.3. The van der Waals surface area contributed by atoms with Crippen LogP contribution in [0, 0.1) is 22.7 Å². The maximum absolute atomic E-state index is 12.9. The minimum absolute atomic E-state index is 0.145. The first-order valence-electron chi connectivity index (χ1n) is 13.1. The van der Waals surface area contributed by atoms with Gasteiger partial charge in [-0.25, -0.2) is 0 Å². The molecule has 2 N–H and O–H groups in total.